The van der Waals surface area contributed by atoms with E-state index in [1.54, 1.807) is 0 Å². The molecule has 0 bridgehead atoms. The van der Waals surface area contributed by atoms with Crippen molar-refractivity contribution in [2.24, 2.45) is 5.11 Å². The summed E-state index contributed by atoms with van der Waals surface area (Å²) >= 11 is 0. The fourth-order valence-corrected chi connectivity index (χ4v) is 3.51. The van der Waals surface area contributed by atoms with E-state index >= 15 is 0 Å². The van der Waals surface area contributed by atoms with E-state index in [9.17, 15) is 4.79 Å². The number of hydrogen-bond donors (Lipinski definition) is 1. The summed E-state index contributed by atoms with van der Waals surface area (Å²) in [5, 5.41) is 6.92. The lowest BCUT2D eigenvalue weighted by molar-refractivity contribution is -0.150. The van der Waals surface area contributed by atoms with E-state index < -0.39 is 5.54 Å². The van der Waals surface area contributed by atoms with Gasteiger partial charge in [0.25, 0.3) is 0 Å². The molecule has 0 aromatic carbocycles. The summed E-state index contributed by atoms with van der Waals surface area (Å²) in [6.07, 6.45) is 4.95. The molecule has 7 nitrogen and oxygen atoms in total. The Bertz CT molecular complexity index is 396. The molecule has 2 fully saturated rings. The highest BCUT2D eigenvalue weighted by atomic mass is 16.5. The van der Waals surface area contributed by atoms with Gasteiger partial charge in [0.2, 0.25) is 0 Å². The summed E-state index contributed by atoms with van der Waals surface area (Å²) in [6, 6.07) is 0.239. The third-order valence-electron chi connectivity index (χ3n) is 4.46. The Morgan fingerprint density at radius 3 is 3.15 bits per heavy atom. The second-order valence-electron chi connectivity index (χ2n) is 5.50. The van der Waals surface area contributed by atoms with Crippen LogP contribution in [0.25, 0.3) is 10.4 Å². The number of rotatable bonds is 6. The quantitative estimate of drug-likeness (QED) is 0.262. The fourth-order valence-electron chi connectivity index (χ4n) is 3.51. The van der Waals surface area contributed by atoms with Crippen LogP contribution in [0.4, 0.5) is 0 Å². The summed E-state index contributed by atoms with van der Waals surface area (Å²) in [7, 11) is 1.46. The van der Waals surface area contributed by atoms with Crippen molar-refractivity contribution in [3.63, 3.8) is 0 Å². The summed E-state index contributed by atoms with van der Waals surface area (Å²) < 4.78 is 5.05. The Morgan fingerprint density at radius 2 is 2.40 bits per heavy atom. The molecule has 2 atom stereocenters. The first-order valence-corrected chi connectivity index (χ1v) is 7.33. The van der Waals surface area contributed by atoms with Gasteiger partial charge in [0.05, 0.1) is 7.11 Å². The number of azide groups is 1. The fraction of sp³-hybridized carbons (Fsp3) is 0.923. The second-order valence-corrected chi connectivity index (χ2v) is 5.50. The lowest BCUT2D eigenvalue weighted by Gasteiger charge is -2.39. The molecular formula is C13H23N5O2. The van der Waals surface area contributed by atoms with Gasteiger partial charge in [-0.1, -0.05) is 11.5 Å². The molecule has 2 unspecified atom stereocenters. The number of fused-ring (bicyclic) bond motifs is 1. The van der Waals surface area contributed by atoms with Crippen LogP contribution in [0.2, 0.25) is 0 Å². The highest BCUT2D eigenvalue weighted by Gasteiger charge is 2.53. The summed E-state index contributed by atoms with van der Waals surface area (Å²) in [5.41, 5.74) is 7.69. The predicted molar refractivity (Wildman–Crippen MR) is 75.2 cm³/mol. The van der Waals surface area contributed by atoms with Gasteiger partial charge in [0.15, 0.2) is 0 Å². The molecular weight excluding hydrogens is 258 g/mol. The van der Waals surface area contributed by atoms with E-state index in [0.29, 0.717) is 13.1 Å². The number of hydrogen-bond acceptors (Lipinski definition) is 5. The average Bonchev–Trinajstić information content (AvgIpc) is 2.86. The van der Waals surface area contributed by atoms with Crippen LogP contribution in [-0.4, -0.2) is 55.7 Å². The second kappa shape index (κ2) is 6.92. The molecule has 2 aliphatic heterocycles. The van der Waals surface area contributed by atoms with Crippen molar-refractivity contribution >= 4 is 5.97 Å². The Balaban J connectivity index is 2.02. The van der Waals surface area contributed by atoms with Crippen molar-refractivity contribution < 1.29 is 9.53 Å². The summed E-state index contributed by atoms with van der Waals surface area (Å²) in [5.74, 6) is -0.157. The first-order chi connectivity index (χ1) is 9.74. The average molecular weight is 281 g/mol. The molecule has 1 N–H and O–H groups in total. The summed E-state index contributed by atoms with van der Waals surface area (Å²) in [6.45, 7) is 3.14. The molecule has 2 saturated heterocycles. The molecule has 0 saturated carbocycles. The maximum Gasteiger partial charge on any atom is 0.327 e. The molecule has 2 rings (SSSR count). The van der Waals surface area contributed by atoms with Gasteiger partial charge in [0.1, 0.15) is 5.54 Å². The van der Waals surface area contributed by atoms with E-state index in [-0.39, 0.29) is 12.0 Å². The molecule has 2 aliphatic rings. The number of esters is 1. The Hall–Kier alpha value is -1.30. The normalized spacial score (nSPS) is 29.6. The molecule has 20 heavy (non-hydrogen) atoms. The maximum atomic E-state index is 12.3. The molecule has 2 heterocycles. The van der Waals surface area contributed by atoms with Crippen LogP contribution in [0.3, 0.4) is 0 Å². The van der Waals surface area contributed by atoms with E-state index in [1.807, 2.05) is 0 Å². The van der Waals surface area contributed by atoms with Crippen molar-refractivity contribution in [3.8, 4) is 0 Å². The van der Waals surface area contributed by atoms with Gasteiger partial charge in [-0.15, -0.1) is 0 Å². The van der Waals surface area contributed by atoms with Crippen LogP contribution in [0.1, 0.15) is 32.1 Å². The number of carbonyl (C=O) groups is 1. The maximum absolute atomic E-state index is 12.3. The first-order valence-electron chi connectivity index (χ1n) is 7.33. The van der Waals surface area contributed by atoms with E-state index in [2.05, 4.69) is 20.2 Å². The zero-order chi connectivity index (χ0) is 14.4. The molecule has 0 amide bonds. The molecule has 0 spiro atoms. The zero-order valence-corrected chi connectivity index (χ0v) is 12.0. The molecule has 0 aromatic rings. The highest BCUT2D eigenvalue weighted by Crippen LogP contribution is 2.36. The van der Waals surface area contributed by atoms with E-state index in [4.69, 9.17) is 10.3 Å². The SMILES string of the molecule is COC(=O)C1(NCCCN=[N+]=[N-])CCN2CCCCC21. The van der Waals surface area contributed by atoms with Crippen LogP contribution >= 0.6 is 0 Å². The third kappa shape index (κ3) is 2.90. The van der Waals surface area contributed by atoms with Crippen LogP contribution in [0.15, 0.2) is 5.11 Å². The van der Waals surface area contributed by atoms with Crippen LogP contribution in [0.5, 0.6) is 0 Å². The smallest absolute Gasteiger partial charge is 0.327 e. The minimum Gasteiger partial charge on any atom is -0.468 e. The Labute approximate surface area is 119 Å². The minimum atomic E-state index is -0.578. The van der Waals surface area contributed by atoms with Gasteiger partial charge < -0.3 is 10.1 Å². The lowest BCUT2D eigenvalue weighted by atomic mass is 9.85. The van der Waals surface area contributed by atoms with E-state index in [0.717, 1.165) is 32.4 Å². The molecule has 0 aliphatic carbocycles. The van der Waals surface area contributed by atoms with Gasteiger partial charge in [-0.3, -0.25) is 4.90 Å². The van der Waals surface area contributed by atoms with Crippen molar-refractivity contribution in [1.29, 1.82) is 0 Å². The van der Waals surface area contributed by atoms with Crippen molar-refractivity contribution in [2.45, 2.75) is 43.7 Å². The predicted octanol–water partition coefficient (Wildman–Crippen LogP) is 1.45. The van der Waals surface area contributed by atoms with Gasteiger partial charge in [-0.2, -0.15) is 0 Å². The van der Waals surface area contributed by atoms with Crippen molar-refractivity contribution in [2.75, 3.05) is 33.3 Å². The molecule has 0 aromatic heterocycles. The number of methoxy groups -OCH3 is 1. The third-order valence-corrected chi connectivity index (χ3v) is 4.46. The number of nitrogens with one attached hydrogen (secondary N) is 1. The highest BCUT2D eigenvalue weighted by molar-refractivity contribution is 5.82. The Morgan fingerprint density at radius 1 is 1.55 bits per heavy atom. The van der Waals surface area contributed by atoms with Gasteiger partial charge in [-0.05, 0) is 44.3 Å². The number of ether oxygens (including phenoxy) is 1. The van der Waals surface area contributed by atoms with Crippen LogP contribution in [-0.2, 0) is 9.53 Å². The van der Waals surface area contributed by atoms with Crippen LogP contribution < -0.4 is 5.32 Å². The van der Waals surface area contributed by atoms with Crippen molar-refractivity contribution in [1.82, 2.24) is 10.2 Å². The number of carbonyl (C=O) groups excluding carboxylic acids is 1. The lowest BCUT2D eigenvalue weighted by Crippen LogP contribution is -2.61. The zero-order valence-electron chi connectivity index (χ0n) is 12.0. The van der Waals surface area contributed by atoms with Crippen LogP contribution in [0, 0.1) is 0 Å². The minimum absolute atomic E-state index is 0.157. The molecule has 112 valence electrons. The number of nitrogens with zero attached hydrogens (tertiary/aromatic N) is 4. The molecule has 0 radical (unpaired) electrons. The Kier molecular flexibility index (Phi) is 5.23. The number of piperidine rings is 1. The van der Waals surface area contributed by atoms with Crippen molar-refractivity contribution in [3.05, 3.63) is 10.4 Å². The largest absolute Gasteiger partial charge is 0.468 e. The standard InChI is InChI=1S/C13H23N5O2/c1-20-12(19)13(15-7-4-8-16-17-14)6-10-18-9-3-2-5-11(13)18/h11,15H,2-10H2,1H3. The topological polar surface area (TPSA) is 90.3 Å². The van der Waals surface area contributed by atoms with Gasteiger partial charge >= 0.3 is 5.97 Å². The van der Waals surface area contributed by atoms with Gasteiger partial charge in [-0.25, -0.2) is 4.79 Å². The first kappa shape index (κ1) is 15.1. The van der Waals surface area contributed by atoms with Gasteiger partial charge in [0, 0.05) is 24.0 Å². The molecule has 7 heteroatoms. The summed E-state index contributed by atoms with van der Waals surface area (Å²) in [4.78, 5) is 17.5. The van der Waals surface area contributed by atoms with E-state index in [1.165, 1.54) is 20.0 Å². The monoisotopic (exact) mass is 281 g/mol.